The van der Waals surface area contributed by atoms with Crippen LogP contribution in [0, 0.1) is 11.7 Å². The van der Waals surface area contributed by atoms with E-state index in [2.05, 4.69) is 10.00 Å². The summed E-state index contributed by atoms with van der Waals surface area (Å²) in [7, 11) is 0. The number of ketones is 1. The van der Waals surface area contributed by atoms with Crippen molar-refractivity contribution < 1.29 is 14.3 Å². The molecule has 0 spiro atoms. The Bertz CT molecular complexity index is 963. The van der Waals surface area contributed by atoms with Gasteiger partial charge in [-0.25, -0.2) is 9.07 Å². The number of aryl methyl sites for hydroxylation is 1. The van der Waals surface area contributed by atoms with Crippen LogP contribution < -0.4 is 5.56 Å². The van der Waals surface area contributed by atoms with E-state index in [-0.39, 0.29) is 29.7 Å². The largest absolute Gasteiger partial charge is 0.391 e. The fourth-order valence-corrected chi connectivity index (χ4v) is 4.62. The third kappa shape index (κ3) is 4.37. The van der Waals surface area contributed by atoms with Gasteiger partial charge in [0.1, 0.15) is 5.82 Å². The summed E-state index contributed by atoms with van der Waals surface area (Å²) in [4.78, 5) is 27.6. The topological polar surface area (TPSA) is 75.4 Å². The summed E-state index contributed by atoms with van der Waals surface area (Å²) in [6.45, 7) is 2.50. The fourth-order valence-electron chi connectivity index (χ4n) is 4.62. The highest BCUT2D eigenvalue weighted by atomic mass is 19.1. The number of fused-ring (bicyclic) bond motifs is 1. The number of hydrogen-bond donors (Lipinski definition) is 1. The maximum absolute atomic E-state index is 13.1. The molecule has 0 amide bonds. The molecule has 1 saturated heterocycles. The van der Waals surface area contributed by atoms with Crippen LogP contribution in [0.3, 0.4) is 0 Å². The number of Topliss-reactive ketones (excluding diaryl/α,β-unsaturated/α-hetero) is 1. The first-order valence-corrected chi connectivity index (χ1v) is 10.8. The van der Waals surface area contributed by atoms with Crippen molar-refractivity contribution in [2.45, 2.75) is 51.7 Å². The SMILES string of the molecule is O=C(c1ccc(F)cc1)C1CCN(CCn2nc3c(c(CO)c2=O)CCCC3)CC1. The molecule has 0 atom stereocenters. The predicted octanol–water partition coefficient (Wildman–Crippen LogP) is 2.35. The molecule has 6 nitrogen and oxygen atoms in total. The van der Waals surface area contributed by atoms with Crippen LogP contribution >= 0.6 is 0 Å². The molecular weight excluding hydrogens is 385 g/mol. The highest BCUT2D eigenvalue weighted by Gasteiger charge is 2.26. The van der Waals surface area contributed by atoms with Gasteiger partial charge < -0.3 is 10.0 Å². The maximum atomic E-state index is 13.1. The first-order valence-electron chi connectivity index (χ1n) is 10.8. The Labute approximate surface area is 175 Å². The molecule has 1 aromatic heterocycles. The van der Waals surface area contributed by atoms with Crippen LogP contribution in [0.2, 0.25) is 0 Å². The van der Waals surface area contributed by atoms with Gasteiger partial charge in [-0.15, -0.1) is 0 Å². The predicted molar refractivity (Wildman–Crippen MR) is 111 cm³/mol. The highest BCUT2D eigenvalue weighted by Crippen LogP contribution is 2.23. The molecule has 2 aliphatic rings. The molecular formula is C23H28FN3O3. The Morgan fingerprint density at radius 3 is 2.50 bits per heavy atom. The molecule has 30 heavy (non-hydrogen) atoms. The Balaban J connectivity index is 1.35. The van der Waals surface area contributed by atoms with E-state index in [1.54, 1.807) is 12.1 Å². The zero-order valence-electron chi connectivity index (χ0n) is 17.1. The number of benzene rings is 1. The third-order valence-electron chi connectivity index (χ3n) is 6.41. The van der Waals surface area contributed by atoms with E-state index in [0.29, 0.717) is 24.2 Å². The minimum Gasteiger partial charge on any atom is -0.391 e. The molecule has 7 heteroatoms. The van der Waals surface area contributed by atoms with Crippen LogP contribution in [0.15, 0.2) is 29.1 Å². The molecule has 0 unspecified atom stereocenters. The molecule has 0 bridgehead atoms. The lowest BCUT2D eigenvalue weighted by Crippen LogP contribution is -2.40. The fraction of sp³-hybridized carbons (Fsp3) is 0.522. The van der Waals surface area contributed by atoms with Gasteiger partial charge in [-0.1, -0.05) is 0 Å². The number of piperidine rings is 1. The molecule has 2 aromatic rings. The van der Waals surface area contributed by atoms with Gasteiger partial charge in [-0.05, 0) is 81.4 Å². The van der Waals surface area contributed by atoms with Crippen molar-refractivity contribution in [2.24, 2.45) is 5.92 Å². The normalized spacial score (nSPS) is 17.7. The van der Waals surface area contributed by atoms with Gasteiger partial charge >= 0.3 is 0 Å². The third-order valence-corrected chi connectivity index (χ3v) is 6.41. The summed E-state index contributed by atoms with van der Waals surface area (Å²) in [5.41, 5.74) is 2.79. The van der Waals surface area contributed by atoms with Crippen molar-refractivity contribution in [1.82, 2.24) is 14.7 Å². The number of carbonyl (C=O) groups excluding carboxylic acids is 1. The number of aliphatic hydroxyl groups excluding tert-OH is 1. The van der Waals surface area contributed by atoms with Crippen LogP contribution in [-0.4, -0.2) is 45.2 Å². The summed E-state index contributed by atoms with van der Waals surface area (Å²) in [5.74, 6) is -0.302. The number of aliphatic hydroxyl groups is 1. The van der Waals surface area contributed by atoms with E-state index in [0.717, 1.165) is 62.9 Å². The summed E-state index contributed by atoms with van der Waals surface area (Å²) < 4.78 is 14.6. The lowest BCUT2D eigenvalue weighted by Gasteiger charge is -2.31. The van der Waals surface area contributed by atoms with Gasteiger partial charge in [-0.3, -0.25) is 9.59 Å². The van der Waals surface area contributed by atoms with Gasteiger partial charge in [0, 0.05) is 23.6 Å². The Morgan fingerprint density at radius 1 is 1.10 bits per heavy atom. The summed E-state index contributed by atoms with van der Waals surface area (Å²) in [5, 5.41) is 14.3. The molecule has 1 aliphatic heterocycles. The molecule has 1 fully saturated rings. The molecule has 0 saturated carbocycles. The second-order valence-corrected chi connectivity index (χ2v) is 8.28. The second kappa shape index (κ2) is 9.18. The molecule has 0 radical (unpaired) electrons. The lowest BCUT2D eigenvalue weighted by molar-refractivity contribution is 0.0836. The summed E-state index contributed by atoms with van der Waals surface area (Å²) in [6, 6.07) is 5.76. The molecule has 1 aliphatic carbocycles. The summed E-state index contributed by atoms with van der Waals surface area (Å²) >= 11 is 0. The average molecular weight is 413 g/mol. The Morgan fingerprint density at radius 2 is 1.80 bits per heavy atom. The number of hydrogen-bond acceptors (Lipinski definition) is 5. The number of rotatable bonds is 6. The number of aromatic nitrogens is 2. The van der Waals surface area contributed by atoms with E-state index in [1.807, 2.05) is 0 Å². The van der Waals surface area contributed by atoms with Crippen LogP contribution in [-0.2, 0) is 26.0 Å². The van der Waals surface area contributed by atoms with Gasteiger partial charge in [0.05, 0.1) is 18.8 Å². The molecule has 1 aromatic carbocycles. The van der Waals surface area contributed by atoms with Gasteiger partial charge in [0.15, 0.2) is 5.78 Å². The first kappa shape index (κ1) is 20.9. The van der Waals surface area contributed by atoms with Crippen LogP contribution in [0.5, 0.6) is 0 Å². The van der Waals surface area contributed by atoms with Crippen molar-refractivity contribution in [3.8, 4) is 0 Å². The second-order valence-electron chi connectivity index (χ2n) is 8.28. The number of carbonyl (C=O) groups is 1. The highest BCUT2D eigenvalue weighted by molar-refractivity contribution is 5.97. The number of likely N-dealkylation sites (tertiary alicyclic amines) is 1. The number of nitrogens with zero attached hydrogens (tertiary/aromatic N) is 3. The maximum Gasteiger partial charge on any atom is 0.272 e. The van der Waals surface area contributed by atoms with E-state index in [9.17, 15) is 19.1 Å². The first-order chi connectivity index (χ1) is 14.6. The van der Waals surface area contributed by atoms with E-state index < -0.39 is 0 Å². The van der Waals surface area contributed by atoms with Crippen molar-refractivity contribution >= 4 is 5.78 Å². The van der Waals surface area contributed by atoms with Gasteiger partial charge in [0.25, 0.3) is 5.56 Å². The standard InChI is InChI=1S/C23H28FN3O3/c24-18-7-5-16(6-8-18)22(29)17-9-11-26(12-10-17)13-14-27-23(30)20(15-28)19-3-1-2-4-21(19)25-27/h5-8,17,28H,1-4,9-15H2. The van der Waals surface area contributed by atoms with Crippen LogP contribution in [0.1, 0.15) is 52.9 Å². The van der Waals surface area contributed by atoms with Crippen LogP contribution in [0.25, 0.3) is 0 Å². The summed E-state index contributed by atoms with van der Waals surface area (Å²) in [6.07, 6.45) is 5.30. The molecule has 160 valence electrons. The molecule has 1 N–H and O–H groups in total. The van der Waals surface area contributed by atoms with Gasteiger partial charge in [0.2, 0.25) is 0 Å². The molecule has 2 heterocycles. The van der Waals surface area contributed by atoms with E-state index in [4.69, 9.17) is 0 Å². The van der Waals surface area contributed by atoms with E-state index >= 15 is 0 Å². The van der Waals surface area contributed by atoms with Crippen molar-refractivity contribution in [2.75, 3.05) is 19.6 Å². The zero-order chi connectivity index (χ0) is 21.1. The van der Waals surface area contributed by atoms with Gasteiger partial charge in [-0.2, -0.15) is 5.10 Å². The average Bonchev–Trinajstić information content (AvgIpc) is 2.78. The number of halogens is 1. The lowest BCUT2D eigenvalue weighted by atomic mass is 9.89. The van der Waals surface area contributed by atoms with Crippen LogP contribution in [0.4, 0.5) is 4.39 Å². The van der Waals surface area contributed by atoms with Crippen molar-refractivity contribution in [1.29, 1.82) is 0 Å². The zero-order valence-corrected chi connectivity index (χ0v) is 17.1. The minimum absolute atomic E-state index is 0.0442. The van der Waals surface area contributed by atoms with Crippen molar-refractivity contribution in [3.63, 3.8) is 0 Å². The monoisotopic (exact) mass is 413 g/mol. The van der Waals surface area contributed by atoms with Crippen molar-refractivity contribution in [3.05, 3.63) is 62.8 Å². The van der Waals surface area contributed by atoms with E-state index in [1.165, 1.54) is 16.8 Å². The Kier molecular flexibility index (Phi) is 6.39. The molecule has 4 rings (SSSR count). The quantitative estimate of drug-likeness (QED) is 0.736. The minimum atomic E-state index is -0.336. The smallest absolute Gasteiger partial charge is 0.272 e. The Hall–Kier alpha value is -2.38.